The van der Waals surface area contributed by atoms with Crippen LogP contribution in [0.25, 0.3) is 0 Å². The lowest BCUT2D eigenvalue weighted by Gasteiger charge is -2.34. The normalized spacial score (nSPS) is 21.1. The van der Waals surface area contributed by atoms with Gasteiger partial charge in [0.25, 0.3) is 5.91 Å². The van der Waals surface area contributed by atoms with Crippen LogP contribution in [0.3, 0.4) is 0 Å². The Morgan fingerprint density at radius 1 is 1.19 bits per heavy atom. The maximum atomic E-state index is 12.9. The van der Waals surface area contributed by atoms with Crippen LogP contribution in [0.2, 0.25) is 0 Å². The summed E-state index contributed by atoms with van der Waals surface area (Å²) in [6, 6.07) is 8.13. The van der Waals surface area contributed by atoms with Crippen LogP contribution in [0.15, 0.2) is 35.2 Å². The summed E-state index contributed by atoms with van der Waals surface area (Å²) in [7, 11) is -3.62. The smallest absolute Gasteiger partial charge is 0.251 e. The third kappa shape index (κ3) is 5.72. The summed E-state index contributed by atoms with van der Waals surface area (Å²) in [5.41, 5.74) is 2.50. The SMILES string of the molecule is Cc1cc(C)n(CC(C)CNC(=O)c2ccc(S(=O)(=O)N3CC(C)OC(C)C3)cc2)n1. The lowest BCUT2D eigenvalue weighted by Crippen LogP contribution is -2.48. The molecule has 0 radical (unpaired) electrons. The van der Waals surface area contributed by atoms with Crippen LogP contribution in [0.4, 0.5) is 0 Å². The van der Waals surface area contributed by atoms with E-state index in [2.05, 4.69) is 17.3 Å². The minimum absolute atomic E-state index is 0.153. The minimum Gasteiger partial charge on any atom is -0.373 e. The van der Waals surface area contributed by atoms with E-state index >= 15 is 0 Å². The Kier molecular flexibility index (Phi) is 7.18. The first-order valence-corrected chi connectivity index (χ1v) is 12.0. The molecule has 1 amide bonds. The summed E-state index contributed by atoms with van der Waals surface area (Å²) in [6.07, 6.45) is -0.306. The minimum atomic E-state index is -3.62. The number of benzene rings is 1. The van der Waals surface area contributed by atoms with Crippen molar-refractivity contribution in [1.29, 1.82) is 0 Å². The molecule has 1 N–H and O–H groups in total. The molecule has 31 heavy (non-hydrogen) atoms. The van der Waals surface area contributed by atoms with E-state index in [-0.39, 0.29) is 28.9 Å². The summed E-state index contributed by atoms with van der Waals surface area (Å²) in [5.74, 6) is -0.0234. The van der Waals surface area contributed by atoms with Gasteiger partial charge in [0.2, 0.25) is 10.0 Å². The van der Waals surface area contributed by atoms with Crippen molar-refractivity contribution in [3.05, 3.63) is 47.3 Å². The monoisotopic (exact) mass is 448 g/mol. The number of aromatic nitrogens is 2. The molecule has 1 aromatic carbocycles. The molecule has 0 saturated carbocycles. The molecule has 2 aromatic rings. The molecule has 3 rings (SSSR count). The number of sulfonamides is 1. The molecule has 0 aliphatic carbocycles. The molecule has 1 aromatic heterocycles. The summed E-state index contributed by atoms with van der Waals surface area (Å²) >= 11 is 0. The predicted molar refractivity (Wildman–Crippen MR) is 118 cm³/mol. The zero-order valence-electron chi connectivity index (χ0n) is 18.8. The molecular formula is C22H32N4O4S. The Morgan fingerprint density at radius 2 is 1.81 bits per heavy atom. The molecule has 1 aliphatic heterocycles. The number of nitrogens with zero attached hydrogens (tertiary/aromatic N) is 3. The van der Waals surface area contributed by atoms with Gasteiger partial charge >= 0.3 is 0 Å². The number of carbonyl (C=O) groups is 1. The standard InChI is InChI=1S/C22H32N4O4S/c1-15(12-26-17(3)10-16(2)24-26)11-23-22(27)20-6-8-21(9-7-20)31(28,29)25-13-18(4)30-19(5)14-25/h6-10,15,18-19H,11-14H2,1-5H3,(H,23,27). The number of morpholine rings is 1. The van der Waals surface area contributed by atoms with Crippen molar-refractivity contribution in [3.63, 3.8) is 0 Å². The van der Waals surface area contributed by atoms with Gasteiger partial charge in [0.1, 0.15) is 0 Å². The van der Waals surface area contributed by atoms with Crippen LogP contribution in [0.5, 0.6) is 0 Å². The fourth-order valence-corrected chi connectivity index (χ4v) is 5.43. The van der Waals surface area contributed by atoms with Crippen LogP contribution >= 0.6 is 0 Å². The largest absolute Gasteiger partial charge is 0.373 e. The van der Waals surface area contributed by atoms with E-state index in [1.54, 1.807) is 12.1 Å². The van der Waals surface area contributed by atoms with Gasteiger partial charge in [-0.3, -0.25) is 9.48 Å². The molecular weight excluding hydrogens is 416 g/mol. The van der Waals surface area contributed by atoms with Gasteiger partial charge in [-0.15, -0.1) is 0 Å². The van der Waals surface area contributed by atoms with Crippen LogP contribution in [0, 0.1) is 19.8 Å². The van der Waals surface area contributed by atoms with Crippen molar-refractivity contribution in [2.24, 2.45) is 5.92 Å². The Hall–Kier alpha value is -2.23. The van der Waals surface area contributed by atoms with Crippen molar-refractivity contribution < 1.29 is 17.9 Å². The van der Waals surface area contributed by atoms with E-state index in [9.17, 15) is 13.2 Å². The highest BCUT2D eigenvalue weighted by Gasteiger charge is 2.32. The van der Waals surface area contributed by atoms with Gasteiger partial charge in [-0.25, -0.2) is 8.42 Å². The van der Waals surface area contributed by atoms with Crippen LogP contribution in [-0.4, -0.2) is 60.3 Å². The molecule has 0 spiro atoms. The highest BCUT2D eigenvalue weighted by molar-refractivity contribution is 7.89. The number of hydrogen-bond acceptors (Lipinski definition) is 5. The van der Waals surface area contributed by atoms with E-state index in [1.807, 2.05) is 38.4 Å². The van der Waals surface area contributed by atoms with E-state index in [1.165, 1.54) is 16.4 Å². The average molecular weight is 449 g/mol. The van der Waals surface area contributed by atoms with E-state index in [0.717, 1.165) is 11.4 Å². The second kappa shape index (κ2) is 9.50. The highest BCUT2D eigenvalue weighted by Crippen LogP contribution is 2.21. The molecule has 9 heteroatoms. The number of ether oxygens (including phenoxy) is 1. The van der Waals surface area contributed by atoms with Crippen molar-refractivity contribution in [3.8, 4) is 0 Å². The van der Waals surface area contributed by atoms with Crippen LogP contribution in [0.1, 0.15) is 42.5 Å². The molecule has 1 aliphatic rings. The number of hydrogen-bond donors (Lipinski definition) is 1. The summed E-state index contributed by atoms with van der Waals surface area (Å²) in [4.78, 5) is 12.7. The first-order valence-electron chi connectivity index (χ1n) is 10.6. The summed E-state index contributed by atoms with van der Waals surface area (Å²) < 4.78 is 34.9. The van der Waals surface area contributed by atoms with Crippen LogP contribution in [-0.2, 0) is 21.3 Å². The lowest BCUT2D eigenvalue weighted by atomic mass is 10.1. The van der Waals surface area contributed by atoms with Crippen molar-refractivity contribution in [2.45, 2.75) is 58.3 Å². The molecule has 3 atom stereocenters. The molecule has 2 heterocycles. The molecule has 170 valence electrons. The Balaban J connectivity index is 1.59. The third-order valence-corrected chi connectivity index (χ3v) is 7.19. The fraction of sp³-hybridized carbons (Fsp3) is 0.545. The van der Waals surface area contributed by atoms with Gasteiger partial charge in [0.05, 0.1) is 22.8 Å². The lowest BCUT2D eigenvalue weighted by molar-refractivity contribution is -0.0440. The van der Waals surface area contributed by atoms with Crippen molar-refractivity contribution in [2.75, 3.05) is 19.6 Å². The molecule has 3 unspecified atom stereocenters. The van der Waals surface area contributed by atoms with Crippen LogP contribution < -0.4 is 5.32 Å². The number of nitrogens with one attached hydrogen (secondary N) is 1. The average Bonchev–Trinajstić information content (AvgIpc) is 3.02. The summed E-state index contributed by atoms with van der Waals surface area (Å²) in [6.45, 7) is 11.6. The topological polar surface area (TPSA) is 93.5 Å². The second-order valence-corrected chi connectivity index (χ2v) is 10.5. The quantitative estimate of drug-likeness (QED) is 0.702. The Bertz CT molecular complexity index is 1010. The maximum Gasteiger partial charge on any atom is 0.251 e. The Morgan fingerprint density at radius 3 is 2.35 bits per heavy atom. The summed E-state index contributed by atoms with van der Waals surface area (Å²) in [5, 5.41) is 7.37. The van der Waals surface area contributed by atoms with Gasteiger partial charge in [-0.2, -0.15) is 9.40 Å². The first kappa shape index (κ1) is 23.4. The van der Waals surface area contributed by atoms with Gasteiger partial charge in [-0.05, 0) is 63.9 Å². The van der Waals surface area contributed by atoms with Crippen molar-refractivity contribution >= 4 is 15.9 Å². The van der Waals surface area contributed by atoms with Gasteiger partial charge in [-0.1, -0.05) is 6.92 Å². The highest BCUT2D eigenvalue weighted by atomic mass is 32.2. The zero-order chi connectivity index (χ0) is 22.8. The number of amides is 1. The molecule has 0 bridgehead atoms. The number of rotatable bonds is 7. The third-order valence-electron chi connectivity index (χ3n) is 5.34. The number of carbonyl (C=O) groups excluding carboxylic acids is 1. The van der Waals surface area contributed by atoms with E-state index in [4.69, 9.17) is 4.74 Å². The maximum absolute atomic E-state index is 12.9. The predicted octanol–water partition coefficient (Wildman–Crippen LogP) is 2.36. The molecule has 1 saturated heterocycles. The Labute approximate surface area is 184 Å². The molecule has 8 nitrogen and oxygen atoms in total. The van der Waals surface area contributed by atoms with Gasteiger partial charge in [0.15, 0.2) is 0 Å². The molecule has 1 fully saturated rings. The van der Waals surface area contributed by atoms with Gasteiger partial charge < -0.3 is 10.1 Å². The number of aryl methyl sites for hydroxylation is 2. The van der Waals surface area contributed by atoms with Crippen molar-refractivity contribution in [1.82, 2.24) is 19.4 Å². The fourth-order valence-electron chi connectivity index (χ4n) is 3.84. The van der Waals surface area contributed by atoms with E-state index in [0.29, 0.717) is 31.7 Å². The van der Waals surface area contributed by atoms with E-state index < -0.39 is 10.0 Å². The second-order valence-electron chi connectivity index (χ2n) is 8.53. The zero-order valence-corrected chi connectivity index (χ0v) is 19.6. The van der Waals surface area contributed by atoms with Gasteiger partial charge in [0, 0.05) is 37.4 Å². The first-order chi connectivity index (χ1) is 14.6.